The van der Waals surface area contributed by atoms with Crippen LogP contribution in [0.15, 0.2) is 79.1 Å². The largest absolute Gasteiger partial charge is 0.457 e. The molecule has 2 aromatic heterocycles. The van der Waals surface area contributed by atoms with E-state index in [-0.39, 0.29) is 46.2 Å². The average Bonchev–Trinajstić information content (AvgIpc) is 3.01. The summed E-state index contributed by atoms with van der Waals surface area (Å²) in [6, 6.07) is 16.9. The van der Waals surface area contributed by atoms with Crippen molar-refractivity contribution in [2.75, 3.05) is 29.0 Å². The Balaban J connectivity index is 1.36. The van der Waals surface area contributed by atoms with Crippen LogP contribution in [0.3, 0.4) is 0 Å². The number of carbonyl (C=O) groups is 3. The van der Waals surface area contributed by atoms with Gasteiger partial charge in [0.2, 0.25) is 0 Å². The predicted molar refractivity (Wildman–Crippen MR) is 169 cm³/mol. The Hall–Kier alpha value is -5.36. The highest BCUT2D eigenvalue weighted by Gasteiger charge is 2.30. The third-order valence-electron chi connectivity index (χ3n) is 7.18. The summed E-state index contributed by atoms with van der Waals surface area (Å²) >= 11 is 0. The normalized spacial score (nSPS) is 16.2. The third kappa shape index (κ3) is 7.42. The molecule has 11 nitrogen and oxygen atoms in total. The lowest BCUT2D eigenvalue weighted by molar-refractivity contribution is 0.0255. The Morgan fingerprint density at radius 3 is 2.53 bits per heavy atom. The van der Waals surface area contributed by atoms with Gasteiger partial charge in [-0.2, -0.15) is 0 Å². The molecule has 1 fully saturated rings. The highest BCUT2D eigenvalue weighted by Crippen LogP contribution is 2.30. The first kappa shape index (κ1) is 31.1. The van der Waals surface area contributed by atoms with E-state index in [0.717, 1.165) is 0 Å². The molecule has 0 aliphatic carbocycles. The summed E-state index contributed by atoms with van der Waals surface area (Å²) in [6.07, 6.45) is 3.05. The van der Waals surface area contributed by atoms with Crippen LogP contribution < -0.4 is 27.0 Å². The smallest absolute Gasteiger partial charge is 0.338 e. The number of amides is 2. The van der Waals surface area contributed by atoms with Crippen LogP contribution in [0.5, 0.6) is 0 Å². The van der Waals surface area contributed by atoms with Gasteiger partial charge in [-0.3, -0.25) is 14.6 Å². The molecule has 4 aromatic rings. The Morgan fingerprint density at radius 2 is 1.78 bits per heavy atom. The molecule has 1 saturated heterocycles. The second-order valence-electron chi connectivity index (χ2n) is 11.1. The number of halogens is 1. The molecular formula is C33H34FN7O4. The maximum Gasteiger partial charge on any atom is 0.338 e. The van der Waals surface area contributed by atoms with Gasteiger partial charge in [0.15, 0.2) is 5.69 Å². The van der Waals surface area contributed by atoms with E-state index in [1.807, 2.05) is 24.8 Å². The summed E-state index contributed by atoms with van der Waals surface area (Å²) in [5.41, 5.74) is 14.2. The number of nitrogens with zero attached hydrogens (tertiary/aromatic N) is 3. The summed E-state index contributed by atoms with van der Waals surface area (Å²) in [4.78, 5) is 49.2. The number of pyridine rings is 2. The van der Waals surface area contributed by atoms with Crippen molar-refractivity contribution in [1.82, 2.24) is 15.3 Å². The lowest BCUT2D eigenvalue weighted by atomic mass is 10.0. The average molecular weight is 612 g/mol. The molecule has 0 spiro atoms. The lowest BCUT2D eigenvalue weighted by Crippen LogP contribution is -2.50. The number of aromatic nitrogens is 2. The molecule has 2 amide bonds. The molecular weight excluding hydrogens is 577 g/mol. The first-order chi connectivity index (χ1) is 21.6. The number of hydrogen-bond donors (Lipinski definition) is 4. The van der Waals surface area contributed by atoms with Gasteiger partial charge in [-0.05, 0) is 62.4 Å². The molecule has 5 rings (SSSR count). The Morgan fingerprint density at radius 1 is 1.00 bits per heavy atom. The van der Waals surface area contributed by atoms with Gasteiger partial charge in [-0.1, -0.05) is 18.2 Å². The van der Waals surface area contributed by atoms with Crippen LogP contribution in [0, 0.1) is 5.82 Å². The van der Waals surface area contributed by atoms with Gasteiger partial charge in [0.05, 0.1) is 41.1 Å². The number of benzene rings is 2. The van der Waals surface area contributed by atoms with Crippen LogP contribution in [-0.4, -0.2) is 59.0 Å². The number of anilines is 3. The number of nitrogens with one attached hydrogen (secondary N) is 2. The van der Waals surface area contributed by atoms with Crippen molar-refractivity contribution in [3.63, 3.8) is 0 Å². The van der Waals surface area contributed by atoms with E-state index in [9.17, 15) is 18.8 Å². The molecule has 45 heavy (non-hydrogen) atoms. The number of piperidine rings is 1. The van der Waals surface area contributed by atoms with Crippen molar-refractivity contribution in [2.24, 2.45) is 5.73 Å². The number of esters is 1. The van der Waals surface area contributed by atoms with Crippen molar-refractivity contribution >= 4 is 34.8 Å². The van der Waals surface area contributed by atoms with Crippen molar-refractivity contribution in [3.8, 4) is 11.3 Å². The summed E-state index contributed by atoms with van der Waals surface area (Å²) < 4.78 is 20.7. The molecule has 12 heteroatoms. The first-order valence-electron chi connectivity index (χ1n) is 14.5. The van der Waals surface area contributed by atoms with Crippen LogP contribution in [0.2, 0.25) is 0 Å². The minimum atomic E-state index is -0.647. The monoisotopic (exact) mass is 611 g/mol. The van der Waals surface area contributed by atoms with Crippen molar-refractivity contribution in [1.29, 1.82) is 0 Å². The molecule has 1 aliphatic heterocycles. The Labute approximate surface area is 259 Å². The Bertz CT molecular complexity index is 1720. The standard InChI is InChI=1S/C33H34FN7O4/c1-19(2)38-31(42)21-8-9-25(34)24(14-21)27-11-10-26(36)30(39-27)32(43)40-28-16-37-13-12-29(28)41-17-22(35)15-23(18-41)45-33(44)20-6-4-3-5-7-20/h3-14,16,19,22-23H,15,17-18,35-36H2,1-2H3,(H,38,42)(H,40,43)/t22-,23-/m0/s1. The number of nitrogens with two attached hydrogens (primary N) is 2. The van der Waals surface area contributed by atoms with E-state index in [1.165, 1.54) is 36.5 Å². The molecule has 0 bridgehead atoms. The fourth-order valence-corrected chi connectivity index (χ4v) is 5.12. The second kappa shape index (κ2) is 13.5. The summed E-state index contributed by atoms with van der Waals surface area (Å²) in [5.74, 6) is -2.07. The SMILES string of the molecule is CC(C)NC(=O)c1ccc(F)c(-c2ccc(N)c(C(=O)Nc3cnccc3N3C[C@@H](N)C[C@H](OC(=O)c4ccccc4)C3)n2)c1. The van der Waals surface area contributed by atoms with Gasteiger partial charge < -0.3 is 31.7 Å². The lowest BCUT2D eigenvalue weighted by Gasteiger charge is -2.38. The van der Waals surface area contributed by atoms with Gasteiger partial charge in [0, 0.05) is 42.4 Å². The first-order valence-corrected chi connectivity index (χ1v) is 14.5. The fraction of sp³-hybridized carbons (Fsp3) is 0.242. The van der Waals surface area contributed by atoms with Crippen molar-refractivity contribution in [3.05, 3.63) is 102 Å². The maximum absolute atomic E-state index is 14.9. The topological polar surface area (TPSA) is 166 Å². The maximum atomic E-state index is 14.9. The minimum Gasteiger partial charge on any atom is -0.457 e. The Kier molecular flexibility index (Phi) is 9.33. The van der Waals surface area contributed by atoms with Gasteiger partial charge in [0.1, 0.15) is 11.9 Å². The number of nitrogen functional groups attached to an aromatic ring is 1. The molecule has 2 atom stereocenters. The van der Waals surface area contributed by atoms with Gasteiger partial charge >= 0.3 is 5.97 Å². The van der Waals surface area contributed by atoms with Gasteiger partial charge in [0.25, 0.3) is 11.8 Å². The number of ether oxygens (including phenoxy) is 1. The van der Waals surface area contributed by atoms with Crippen molar-refractivity contribution in [2.45, 2.75) is 38.5 Å². The summed E-state index contributed by atoms with van der Waals surface area (Å²) in [6.45, 7) is 4.43. The van der Waals surface area contributed by atoms with Crippen LogP contribution in [0.1, 0.15) is 51.5 Å². The molecule has 232 valence electrons. The van der Waals surface area contributed by atoms with Crippen LogP contribution in [0.4, 0.5) is 21.5 Å². The van der Waals surface area contributed by atoms with E-state index in [0.29, 0.717) is 36.4 Å². The molecule has 1 aliphatic rings. The highest BCUT2D eigenvalue weighted by molar-refractivity contribution is 6.08. The summed E-state index contributed by atoms with van der Waals surface area (Å²) in [7, 11) is 0. The van der Waals surface area contributed by atoms with E-state index in [4.69, 9.17) is 16.2 Å². The third-order valence-corrected chi connectivity index (χ3v) is 7.18. The van der Waals surface area contributed by atoms with Crippen LogP contribution in [0.25, 0.3) is 11.3 Å². The zero-order chi connectivity index (χ0) is 32.1. The van der Waals surface area contributed by atoms with Gasteiger partial charge in [-0.25, -0.2) is 14.2 Å². The number of rotatable bonds is 8. The second-order valence-corrected chi connectivity index (χ2v) is 11.1. The zero-order valence-corrected chi connectivity index (χ0v) is 24.9. The number of hydrogen-bond acceptors (Lipinski definition) is 9. The molecule has 0 unspecified atom stereocenters. The van der Waals surface area contributed by atoms with E-state index in [1.54, 1.807) is 36.5 Å². The molecule has 2 aromatic carbocycles. The fourth-order valence-electron chi connectivity index (χ4n) is 5.12. The van der Waals surface area contributed by atoms with E-state index in [2.05, 4.69) is 20.6 Å². The molecule has 0 radical (unpaired) electrons. The van der Waals surface area contributed by atoms with Crippen LogP contribution in [-0.2, 0) is 4.74 Å². The highest BCUT2D eigenvalue weighted by atomic mass is 19.1. The molecule has 0 saturated carbocycles. The van der Waals surface area contributed by atoms with Crippen LogP contribution >= 0.6 is 0 Å². The van der Waals surface area contributed by atoms with E-state index < -0.39 is 23.8 Å². The van der Waals surface area contributed by atoms with E-state index >= 15 is 0 Å². The van der Waals surface area contributed by atoms with Crippen molar-refractivity contribution < 1.29 is 23.5 Å². The molecule has 3 heterocycles. The minimum absolute atomic E-state index is 0.0425. The predicted octanol–water partition coefficient (Wildman–Crippen LogP) is 4.02. The zero-order valence-electron chi connectivity index (χ0n) is 24.9. The number of carbonyl (C=O) groups excluding carboxylic acids is 3. The van der Waals surface area contributed by atoms with Gasteiger partial charge in [-0.15, -0.1) is 0 Å². The summed E-state index contributed by atoms with van der Waals surface area (Å²) in [5, 5.41) is 5.58. The molecule has 6 N–H and O–H groups in total. The quantitative estimate of drug-likeness (QED) is 0.215.